The Hall–Kier alpha value is -1.16. The summed E-state index contributed by atoms with van der Waals surface area (Å²) in [5.41, 5.74) is 7.79. The SMILES string of the molecule is Cc1c([C@H](C)[C@@H]2NC[C@@H](C)C[C@H]2O)ccc2c1CC1[C@H]2CC=C2C[C@@H](O)CC[C@@]21C. The molecule has 3 nitrogen and oxygen atoms in total. The topological polar surface area (TPSA) is 52.5 Å². The lowest BCUT2D eigenvalue weighted by Crippen LogP contribution is -2.50. The van der Waals surface area contributed by atoms with Crippen LogP contribution < -0.4 is 5.32 Å². The summed E-state index contributed by atoms with van der Waals surface area (Å²) in [6.45, 7) is 10.3. The number of hydrogen-bond acceptors (Lipinski definition) is 3. The highest BCUT2D eigenvalue weighted by molar-refractivity contribution is 5.49. The second-order valence-electron chi connectivity index (χ2n) is 11.2. The van der Waals surface area contributed by atoms with Crippen molar-refractivity contribution in [1.82, 2.24) is 5.32 Å². The van der Waals surface area contributed by atoms with Crippen LogP contribution in [0.2, 0.25) is 0 Å². The van der Waals surface area contributed by atoms with Crippen LogP contribution in [0.5, 0.6) is 0 Å². The molecule has 30 heavy (non-hydrogen) atoms. The van der Waals surface area contributed by atoms with Crippen molar-refractivity contribution < 1.29 is 10.2 Å². The zero-order valence-electron chi connectivity index (χ0n) is 19.1. The first-order valence-electron chi connectivity index (χ1n) is 12.2. The van der Waals surface area contributed by atoms with E-state index in [4.69, 9.17) is 0 Å². The fourth-order valence-electron chi connectivity index (χ4n) is 7.49. The molecule has 0 radical (unpaired) electrons. The summed E-state index contributed by atoms with van der Waals surface area (Å²) in [6.07, 6.45) is 8.20. The van der Waals surface area contributed by atoms with Crippen molar-refractivity contribution in [3.63, 3.8) is 0 Å². The monoisotopic (exact) mass is 409 g/mol. The van der Waals surface area contributed by atoms with Gasteiger partial charge < -0.3 is 15.5 Å². The molecular weight excluding hydrogens is 370 g/mol. The summed E-state index contributed by atoms with van der Waals surface area (Å²) in [4.78, 5) is 0. The van der Waals surface area contributed by atoms with E-state index in [2.05, 4.69) is 51.2 Å². The Morgan fingerprint density at radius 1 is 1.20 bits per heavy atom. The molecule has 3 aliphatic carbocycles. The van der Waals surface area contributed by atoms with Gasteiger partial charge >= 0.3 is 0 Å². The van der Waals surface area contributed by atoms with Crippen molar-refractivity contribution >= 4 is 0 Å². The maximum absolute atomic E-state index is 10.7. The van der Waals surface area contributed by atoms with Gasteiger partial charge in [0.05, 0.1) is 12.2 Å². The summed E-state index contributed by atoms with van der Waals surface area (Å²) < 4.78 is 0. The number of aliphatic hydroxyl groups is 2. The van der Waals surface area contributed by atoms with E-state index >= 15 is 0 Å². The van der Waals surface area contributed by atoms with Gasteiger partial charge in [0.2, 0.25) is 0 Å². The fourth-order valence-corrected chi connectivity index (χ4v) is 7.49. The van der Waals surface area contributed by atoms with Crippen molar-refractivity contribution in [1.29, 1.82) is 0 Å². The van der Waals surface area contributed by atoms with E-state index in [1.54, 1.807) is 11.1 Å². The molecule has 0 spiro atoms. The lowest BCUT2D eigenvalue weighted by Gasteiger charge is -2.48. The molecule has 2 fully saturated rings. The zero-order valence-corrected chi connectivity index (χ0v) is 19.1. The molecule has 4 aliphatic rings. The molecule has 0 bridgehead atoms. The minimum Gasteiger partial charge on any atom is -0.393 e. The van der Waals surface area contributed by atoms with Crippen LogP contribution in [0.15, 0.2) is 23.8 Å². The number of allylic oxidation sites excluding steroid dienone is 1. The van der Waals surface area contributed by atoms with Crippen molar-refractivity contribution in [3.05, 3.63) is 46.0 Å². The lowest BCUT2D eigenvalue weighted by atomic mass is 9.57. The van der Waals surface area contributed by atoms with E-state index in [0.29, 0.717) is 23.7 Å². The molecule has 0 amide bonds. The third-order valence-electron chi connectivity index (χ3n) is 9.40. The molecule has 1 aromatic rings. The molecule has 3 heteroatoms. The van der Waals surface area contributed by atoms with Crippen molar-refractivity contribution in [3.8, 4) is 0 Å². The molecule has 1 saturated carbocycles. The van der Waals surface area contributed by atoms with Crippen LogP contribution in [0.4, 0.5) is 0 Å². The van der Waals surface area contributed by atoms with Gasteiger partial charge in [0, 0.05) is 6.04 Å². The lowest BCUT2D eigenvalue weighted by molar-refractivity contribution is 0.0656. The summed E-state index contributed by atoms with van der Waals surface area (Å²) in [5, 5.41) is 24.6. The highest BCUT2D eigenvalue weighted by Gasteiger charge is 2.50. The standard InChI is InChI=1S/C27H39NO2/c1-15-11-25(30)26(28-14-15)17(3)20-7-8-21-22-6-5-18-12-19(29)9-10-27(18,4)24(22)13-23(21)16(20)2/h5,7-8,15,17,19,22,24-26,28-30H,6,9-14H2,1-4H3/t15-,17-,19-,22-,24?,25+,26-,27-/m0/s1. The smallest absolute Gasteiger partial charge is 0.0702 e. The first-order chi connectivity index (χ1) is 14.3. The maximum atomic E-state index is 10.7. The van der Waals surface area contributed by atoms with E-state index in [9.17, 15) is 10.2 Å². The van der Waals surface area contributed by atoms with E-state index < -0.39 is 0 Å². The highest BCUT2D eigenvalue weighted by atomic mass is 16.3. The molecular formula is C27H39NO2. The Balaban J connectivity index is 1.44. The van der Waals surface area contributed by atoms with Crippen LogP contribution in [0.25, 0.3) is 0 Å². The normalized spacial score (nSPS) is 41.5. The van der Waals surface area contributed by atoms with E-state index in [0.717, 1.165) is 38.6 Å². The van der Waals surface area contributed by atoms with Crippen molar-refractivity contribution in [2.45, 2.75) is 96.3 Å². The van der Waals surface area contributed by atoms with Crippen LogP contribution in [-0.2, 0) is 6.42 Å². The predicted molar refractivity (Wildman–Crippen MR) is 122 cm³/mol. The first-order valence-corrected chi connectivity index (χ1v) is 12.2. The van der Waals surface area contributed by atoms with Crippen LogP contribution >= 0.6 is 0 Å². The molecule has 5 rings (SSSR count). The third kappa shape index (κ3) is 3.12. The Labute approximate surface area is 182 Å². The van der Waals surface area contributed by atoms with Crippen LogP contribution in [0.1, 0.15) is 87.0 Å². The first kappa shape index (κ1) is 20.7. The quantitative estimate of drug-likeness (QED) is 0.626. The summed E-state index contributed by atoms with van der Waals surface area (Å²) in [7, 11) is 0. The fraction of sp³-hybridized carbons (Fsp3) is 0.704. The molecule has 1 saturated heterocycles. The third-order valence-corrected chi connectivity index (χ3v) is 9.40. The second kappa shape index (κ2) is 7.46. The Morgan fingerprint density at radius 3 is 2.77 bits per heavy atom. The largest absolute Gasteiger partial charge is 0.393 e. The van der Waals surface area contributed by atoms with Crippen molar-refractivity contribution in [2.75, 3.05) is 6.54 Å². The average molecular weight is 410 g/mol. The number of benzene rings is 1. The number of hydrogen-bond donors (Lipinski definition) is 3. The summed E-state index contributed by atoms with van der Waals surface area (Å²) in [5.74, 6) is 2.16. The van der Waals surface area contributed by atoms with Crippen molar-refractivity contribution in [2.24, 2.45) is 17.3 Å². The Bertz CT molecular complexity index is 861. The summed E-state index contributed by atoms with van der Waals surface area (Å²) >= 11 is 0. The van der Waals surface area contributed by atoms with E-state index in [-0.39, 0.29) is 23.7 Å². The van der Waals surface area contributed by atoms with Gasteiger partial charge in [-0.05, 0) is 103 Å². The second-order valence-corrected chi connectivity index (χ2v) is 11.2. The Kier molecular flexibility index (Phi) is 5.16. The number of piperidine rings is 1. The number of aliphatic hydroxyl groups excluding tert-OH is 2. The predicted octanol–water partition coefficient (Wildman–Crippen LogP) is 4.59. The molecule has 8 atom stereocenters. The van der Waals surface area contributed by atoms with Gasteiger partial charge in [-0.1, -0.05) is 44.6 Å². The Morgan fingerprint density at radius 2 is 2.00 bits per heavy atom. The van der Waals surface area contributed by atoms with Crippen LogP contribution in [0, 0.1) is 24.2 Å². The average Bonchev–Trinajstić information content (AvgIpc) is 3.09. The summed E-state index contributed by atoms with van der Waals surface area (Å²) in [6, 6.07) is 4.92. The molecule has 0 aromatic heterocycles. The van der Waals surface area contributed by atoms with E-state index in [1.165, 1.54) is 23.1 Å². The molecule has 1 unspecified atom stereocenters. The molecule has 1 aromatic carbocycles. The van der Waals surface area contributed by atoms with Gasteiger partial charge in [0.25, 0.3) is 0 Å². The molecule has 1 aliphatic heterocycles. The minimum atomic E-state index is -0.265. The van der Waals surface area contributed by atoms with Gasteiger partial charge in [-0.2, -0.15) is 0 Å². The highest BCUT2D eigenvalue weighted by Crippen LogP contribution is 2.60. The number of nitrogens with one attached hydrogen (secondary N) is 1. The van der Waals surface area contributed by atoms with Gasteiger partial charge in [-0.25, -0.2) is 0 Å². The van der Waals surface area contributed by atoms with Crippen LogP contribution in [-0.4, -0.2) is 35.0 Å². The molecule has 164 valence electrons. The van der Waals surface area contributed by atoms with Gasteiger partial charge in [0.1, 0.15) is 0 Å². The minimum absolute atomic E-state index is 0.143. The van der Waals surface area contributed by atoms with Crippen LogP contribution in [0.3, 0.4) is 0 Å². The van der Waals surface area contributed by atoms with Gasteiger partial charge in [-0.3, -0.25) is 0 Å². The number of fused-ring (bicyclic) bond motifs is 5. The van der Waals surface area contributed by atoms with E-state index in [1.807, 2.05) is 0 Å². The zero-order chi connectivity index (χ0) is 21.2. The van der Waals surface area contributed by atoms with Gasteiger partial charge in [-0.15, -0.1) is 0 Å². The number of rotatable bonds is 2. The van der Waals surface area contributed by atoms with Gasteiger partial charge in [0.15, 0.2) is 0 Å². The molecule has 1 heterocycles. The molecule has 3 N–H and O–H groups in total. The maximum Gasteiger partial charge on any atom is 0.0702 e.